The van der Waals surface area contributed by atoms with Crippen molar-refractivity contribution in [2.24, 2.45) is 0 Å². The number of nitrogens with zero attached hydrogens (tertiary/aromatic N) is 3. The lowest BCUT2D eigenvalue weighted by Crippen LogP contribution is -2.25. The van der Waals surface area contributed by atoms with Crippen molar-refractivity contribution in [3.63, 3.8) is 0 Å². The Bertz CT molecular complexity index is 1170. The first-order valence-corrected chi connectivity index (χ1v) is 11.9. The standard InChI is InChI=1S/C23H29N5O3S2/c1-27(2)33-20-14-19(31-5)18(30-4)12-16(20)13-21(24)28-23(25)32-22(26-28)11-10-15-8-6-7-9-17(15)29-3/h6-9,12,14,24-25H,10-11,13H2,1-5H3. The Balaban J connectivity index is 1.81. The van der Waals surface area contributed by atoms with E-state index < -0.39 is 0 Å². The highest BCUT2D eigenvalue weighted by molar-refractivity contribution is 7.97. The van der Waals surface area contributed by atoms with Crippen molar-refractivity contribution in [3.8, 4) is 17.2 Å². The van der Waals surface area contributed by atoms with Gasteiger partial charge in [0.15, 0.2) is 11.5 Å². The summed E-state index contributed by atoms with van der Waals surface area (Å²) in [6.07, 6.45) is 1.74. The Morgan fingerprint density at radius 2 is 1.67 bits per heavy atom. The summed E-state index contributed by atoms with van der Waals surface area (Å²) in [6.45, 7) is 0. The van der Waals surface area contributed by atoms with Crippen molar-refractivity contribution in [3.05, 3.63) is 57.3 Å². The van der Waals surface area contributed by atoms with Crippen LogP contribution >= 0.6 is 23.3 Å². The highest BCUT2D eigenvalue weighted by Gasteiger charge is 2.17. The molecule has 0 radical (unpaired) electrons. The Hall–Kier alpha value is -2.82. The van der Waals surface area contributed by atoms with Gasteiger partial charge in [0, 0.05) is 17.7 Å². The van der Waals surface area contributed by atoms with Crippen molar-refractivity contribution < 1.29 is 14.2 Å². The second-order valence-corrected chi connectivity index (χ2v) is 9.78. The molecule has 3 rings (SSSR count). The molecule has 2 aromatic carbocycles. The van der Waals surface area contributed by atoms with Crippen molar-refractivity contribution in [1.82, 2.24) is 14.1 Å². The lowest BCUT2D eigenvalue weighted by molar-refractivity contribution is 0.353. The zero-order valence-corrected chi connectivity index (χ0v) is 21.1. The molecule has 1 aromatic heterocycles. The van der Waals surface area contributed by atoms with Crippen LogP contribution in [0.2, 0.25) is 0 Å². The average Bonchev–Trinajstić information content (AvgIpc) is 3.18. The maximum atomic E-state index is 8.66. The molecule has 1 heterocycles. The summed E-state index contributed by atoms with van der Waals surface area (Å²) in [5.74, 6) is 2.32. The second-order valence-electron chi connectivity index (χ2n) is 7.37. The third-order valence-electron chi connectivity index (χ3n) is 4.88. The van der Waals surface area contributed by atoms with Gasteiger partial charge in [-0.3, -0.25) is 15.1 Å². The van der Waals surface area contributed by atoms with Crippen molar-refractivity contribution >= 4 is 29.1 Å². The van der Waals surface area contributed by atoms with Gasteiger partial charge in [-0.25, -0.2) is 0 Å². The SMILES string of the molecule is COc1ccccc1CCc1nn(C(=N)Cc2cc(OC)c(OC)cc2SN(C)C)c(=N)s1. The smallest absolute Gasteiger partial charge is 0.206 e. The molecular formula is C23H29N5O3S2. The number of aromatic nitrogens is 2. The van der Waals surface area contributed by atoms with Gasteiger partial charge in [-0.15, -0.1) is 0 Å². The number of rotatable bonds is 10. The van der Waals surface area contributed by atoms with E-state index in [2.05, 4.69) is 5.10 Å². The lowest BCUT2D eigenvalue weighted by Gasteiger charge is -2.17. The third-order valence-corrected chi connectivity index (χ3v) is 6.71. The molecule has 0 spiro atoms. The van der Waals surface area contributed by atoms with Crippen LogP contribution in [0.15, 0.2) is 41.3 Å². The van der Waals surface area contributed by atoms with Crippen molar-refractivity contribution in [1.29, 1.82) is 10.8 Å². The van der Waals surface area contributed by atoms with Gasteiger partial charge in [0.25, 0.3) is 0 Å². The van der Waals surface area contributed by atoms with Gasteiger partial charge >= 0.3 is 0 Å². The molecule has 0 aliphatic carbocycles. The monoisotopic (exact) mass is 487 g/mol. The van der Waals surface area contributed by atoms with E-state index >= 15 is 0 Å². The lowest BCUT2D eigenvalue weighted by atomic mass is 10.1. The molecule has 0 fully saturated rings. The minimum Gasteiger partial charge on any atom is -0.496 e. The predicted molar refractivity (Wildman–Crippen MR) is 132 cm³/mol. The molecule has 0 amide bonds. The molecule has 3 aromatic rings. The number of hydrogen-bond acceptors (Lipinski definition) is 9. The molecule has 0 aliphatic heterocycles. The summed E-state index contributed by atoms with van der Waals surface area (Å²) in [7, 11) is 8.78. The van der Waals surface area contributed by atoms with Gasteiger partial charge in [0.1, 0.15) is 16.6 Å². The van der Waals surface area contributed by atoms with E-state index in [0.717, 1.165) is 33.2 Å². The Morgan fingerprint density at radius 1 is 1.00 bits per heavy atom. The van der Waals surface area contributed by atoms with Crippen LogP contribution < -0.4 is 19.0 Å². The van der Waals surface area contributed by atoms with Crippen LogP contribution in [-0.4, -0.2) is 55.3 Å². The summed E-state index contributed by atoms with van der Waals surface area (Å²) >= 11 is 2.84. The molecule has 2 N–H and O–H groups in total. The zero-order chi connectivity index (χ0) is 24.0. The fourth-order valence-electron chi connectivity index (χ4n) is 3.34. The van der Waals surface area contributed by atoms with Gasteiger partial charge in [-0.1, -0.05) is 29.5 Å². The minimum absolute atomic E-state index is 0.229. The van der Waals surface area contributed by atoms with E-state index in [1.54, 1.807) is 33.3 Å². The summed E-state index contributed by atoms with van der Waals surface area (Å²) in [6, 6.07) is 11.7. The van der Waals surface area contributed by atoms with Crippen LogP contribution in [0.1, 0.15) is 16.1 Å². The largest absolute Gasteiger partial charge is 0.496 e. The summed E-state index contributed by atoms with van der Waals surface area (Å²) in [5.41, 5.74) is 2.01. The van der Waals surface area contributed by atoms with Gasteiger partial charge in [0.05, 0.1) is 21.3 Å². The topological polar surface area (TPSA) is 96.5 Å². The zero-order valence-electron chi connectivity index (χ0n) is 19.5. The van der Waals surface area contributed by atoms with Crippen molar-refractivity contribution in [2.45, 2.75) is 24.2 Å². The predicted octanol–water partition coefficient (Wildman–Crippen LogP) is 3.87. The molecule has 10 heteroatoms. The molecule has 0 unspecified atom stereocenters. The van der Waals surface area contributed by atoms with E-state index in [9.17, 15) is 0 Å². The summed E-state index contributed by atoms with van der Waals surface area (Å²) in [4.78, 5) is 1.19. The maximum absolute atomic E-state index is 8.66. The normalized spacial score (nSPS) is 11.0. The highest BCUT2D eigenvalue weighted by Crippen LogP contribution is 2.36. The Morgan fingerprint density at radius 3 is 2.33 bits per heavy atom. The van der Waals surface area contributed by atoms with Crippen LogP contribution in [0.3, 0.4) is 0 Å². The molecule has 0 bridgehead atoms. The average molecular weight is 488 g/mol. The van der Waals surface area contributed by atoms with E-state index in [4.69, 9.17) is 25.0 Å². The quantitative estimate of drug-likeness (QED) is 0.256. The molecule has 176 valence electrons. The number of nitrogens with one attached hydrogen (secondary N) is 2. The molecule has 8 nitrogen and oxygen atoms in total. The van der Waals surface area contributed by atoms with Gasteiger partial charge in [-0.2, -0.15) is 9.78 Å². The Kier molecular flexibility index (Phi) is 8.54. The van der Waals surface area contributed by atoms with E-state index in [-0.39, 0.29) is 10.6 Å². The number of para-hydroxylation sites is 1. The maximum Gasteiger partial charge on any atom is 0.206 e. The number of ether oxygens (including phenoxy) is 3. The number of hydrogen-bond donors (Lipinski definition) is 2. The molecule has 0 saturated carbocycles. The van der Waals surface area contributed by atoms with Gasteiger partial charge in [0.2, 0.25) is 4.80 Å². The van der Waals surface area contributed by atoms with Crippen LogP contribution in [0.4, 0.5) is 0 Å². The van der Waals surface area contributed by atoms with Crippen molar-refractivity contribution in [2.75, 3.05) is 35.4 Å². The number of benzene rings is 2. The first-order chi connectivity index (χ1) is 15.9. The second kappa shape index (κ2) is 11.4. The molecule has 0 atom stereocenters. The first-order valence-electron chi connectivity index (χ1n) is 10.3. The van der Waals surface area contributed by atoms with Gasteiger partial charge in [-0.05, 0) is 61.8 Å². The fraction of sp³-hybridized carbons (Fsp3) is 0.348. The van der Waals surface area contributed by atoms with Crippen LogP contribution in [0.5, 0.6) is 17.2 Å². The minimum atomic E-state index is 0.229. The van der Waals surface area contributed by atoms with Crippen LogP contribution in [0, 0.1) is 10.8 Å². The molecular weight excluding hydrogens is 458 g/mol. The van der Waals surface area contributed by atoms with E-state index in [1.165, 1.54) is 16.0 Å². The number of aryl methyl sites for hydroxylation is 2. The molecule has 33 heavy (non-hydrogen) atoms. The van der Waals surface area contributed by atoms with Crippen LogP contribution in [0.25, 0.3) is 0 Å². The van der Waals surface area contributed by atoms with Gasteiger partial charge < -0.3 is 14.2 Å². The fourth-order valence-corrected chi connectivity index (χ4v) is 4.93. The van der Waals surface area contributed by atoms with E-state index in [0.29, 0.717) is 24.3 Å². The Labute approximate surface area is 202 Å². The molecule has 0 aliphatic rings. The highest BCUT2D eigenvalue weighted by atomic mass is 32.2. The first kappa shape index (κ1) is 24.8. The van der Waals surface area contributed by atoms with E-state index in [1.807, 2.05) is 54.8 Å². The summed E-state index contributed by atoms with van der Waals surface area (Å²) < 4.78 is 19.7. The molecule has 0 saturated heterocycles. The summed E-state index contributed by atoms with van der Waals surface area (Å²) in [5, 5.41) is 22.4. The number of methoxy groups -OCH3 is 3. The van der Waals surface area contributed by atoms with Crippen LogP contribution in [-0.2, 0) is 19.3 Å². The third kappa shape index (κ3) is 6.16.